The molecule has 1 aliphatic rings. The zero-order chi connectivity index (χ0) is 23.0. The number of thiophene rings is 1. The summed E-state index contributed by atoms with van der Waals surface area (Å²) in [4.78, 5) is 13.6. The highest BCUT2D eigenvalue weighted by molar-refractivity contribution is 7.87. The van der Waals surface area contributed by atoms with Crippen LogP contribution in [0.2, 0.25) is 5.02 Å². The van der Waals surface area contributed by atoms with Crippen molar-refractivity contribution in [2.45, 2.75) is 18.5 Å². The number of amides is 1. The third-order valence-electron chi connectivity index (χ3n) is 5.20. The molecule has 0 saturated carbocycles. The van der Waals surface area contributed by atoms with E-state index in [2.05, 4.69) is 10.0 Å². The number of benzene rings is 2. The lowest BCUT2D eigenvalue weighted by Crippen LogP contribution is -2.55. The van der Waals surface area contributed by atoms with Crippen LogP contribution >= 0.6 is 22.9 Å². The summed E-state index contributed by atoms with van der Waals surface area (Å²) in [5.74, 6) is -1.52. The van der Waals surface area contributed by atoms with E-state index >= 15 is 0 Å². The van der Waals surface area contributed by atoms with E-state index in [9.17, 15) is 22.0 Å². The van der Waals surface area contributed by atoms with Gasteiger partial charge in [-0.05, 0) is 59.3 Å². The zero-order valence-corrected chi connectivity index (χ0v) is 19.1. The normalized spacial score (nSPS) is 20.8. The maximum atomic E-state index is 13.4. The van der Waals surface area contributed by atoms with Crippen molar-refractivity contribution in [2.75, 3.05) is 12.4 Å². The summed E-state index contributed by atoms with van der Waals surface area (Å²) in [6, 6.07) is 9.93. The van der Waals surface area contributed by atoms with Gasteiger partial charge in [-0.1, -0.05) is 23.7 Å². The minimum Gasteiger partial charge on any atom is -0.325 e. The molecule has 0 radical (unpaired) electrons. The number of hydrogen-bond acceptors (Lipinski definition) is 4. The molecule has 0 bridgehead atoms. The third-order valence-corrected chi connectivity index (χ3v) is 8.13. The van der Waals surface area contributed by atoms with Crippen molar-refractivity contribution in [3.8, 4) is 11.1 Å². The second-order valence-electron chi connectivity index (χ2n) is 7.31. The van der Waals surface area contributed by atoms with E-state index in [0.29, 0.717) is 0 Å². The minimum absolute atomic E-state index is 0.154. The Hall–Kier alpha value is -2.37. The van der Waals surface area contributed by atoms with Crippen LogP contribution in [0.25, 0.3) is 11.1 Å². The summed E-state index contributed by atoms with van der Waals surface area (Å²) in [6.45, 7) is 0. The van der Waals surface area contributed by atoms with Gasteiger partial charge in [0.2, 0.25) is 5.91 Å². The van der Waals surface area contributed by atoms with Gasteiger partial charge >= 0.3 is 0 Å². The first-order valence-electron chi connectivity index (χ1n) is 9.49. The van der Waals surface area contributed by atoms with Crippen LogP contribution < -0.4 is 10.0 Å². The van der Waals surface area contributed by atoms with E-state index in [1.165, 1.54) is 42.6 Å². The lowest BCUT2D eigenvalue weighted by atomic mass is 10.0. The smallest absolute Gasteiger partial charge is 0.280 e. The van der Waals surface area contributed by atoms with Crippen molar-refractivity contribution < 1.29 is 22.0 Å². The fraction of sp³-hybridized carbons (Fsp3) is 0.190. The molecule has 0 spiro atoms. The highest BCUT2D eigenvalue weighted by atomic mass is 35.5. The summed E-state index contributed by atoms with van der Waals surface area (Å²) >= 11 is 7.11. The van der Waals surface area contributed by atoms with Gasteiger partial charge in [0.15, 0.2) is 0 Å². The van der Waals surface area contributed by atoms with Crippen molar-refractivity contribution in [1.82, 2.24) is 9.03 Å². The molecular formula is C21H18ClF2N3O3S2. The van der Waals surface area contributed by atoms with Crippen LogP contribution in [0.4, 0.5) is 14.5 Å². The topological polar surface area (TPSA) is 78.5 Å². The molecule has 1 amide bonds. The van der Waals surface area contributed by atoms with Crippen LogP contribution in [-0.2, 0) is 15.0 Å². The number of nitrogens with one attached hydrogen (secondary N) is 2. The Kier molecular flexibility index (Phi) is 6.33. The fourth-order valence-electron chi connectivity index (χ4n) is 3.43. The number of likely N-dealkylation sites (N-methyl/N-ethyl adjacent to an activating group) is 1. The number of nitrogens with zero attached hydrogens (tertiary/aromatic N) is 1. The Morgan fingerprint density at radius 3 is 2.56 bits per heavy atom. The number of anilines is 1. The van der Waals surface area contributed by atoms with Crippen LogP contribution in [0.15, 0.2) is 53.9 Å². The first-order valence-corrected chi connectivity index (χ1v) is 12.2. The number of halogens is 3. The first kappa shape index (κ1) is 22.8. The third kappa shape index (κ3) is 4.69. The van der Waals surface area contributed by atoms with Crippen LogP contribution in [0.1, 0.15) is 17.3 Å². The summed E-state index contributed by atoms with van der Waals surface area (Å²) in [5, 5.41) is 4.30. The molecule has 1 aromatic heterocycles. The SMILES string of the molecule is CN1[C@@H](C(=O)Nc2ccc(F)c(Cl)c2)C[C@@H](c2cc(-c3ccc(F)cc3)cs2)NS1(=O)=O. The molecule has 0 aliphatic carbocycles. The first-order chi connectivity index (χ1) is 15.1. The number of carbonyl (C=O) groups is 1. The fourth-order valence-corrected chi connectivity index (χ4v) is 5.93. The number of carbonyl (C=O) groups excluding carboxylic acids is 1. The van der Waals surface area contributed by atoms with Gasteiger partial charge < -0.3 is 5.32 Å². The van der Waals surface area contributed by atoms with E-state index < -0.39 is 34.0 Å². The molecule has 3 aromatic rings. The molecule has 168 valence electrons. The second-order valence-corrected chi connectivity index (χ2v) is 10.4. The van der Waals surface area contributed by atoms with Crippen LogP contribution in [0.5, 0.6) is 0 Å². The standard InChI is InChI=1S/C21H18ClF2N3O3S2/c1-27-19(21(28)25-15-6-7-17(24)16(22)9-15)10-18(26-32(27,29)30)20-8-13(11-31-20)12-2-4-14(23)5-3-12/h2-9,11,18-19,26H,10H2,1H3,(H,25,28)/t18-,19+/m0/s1. The minimum atomic E-state index is -3.93. The van der Waals surface area contributed by atoms with E-state index in [1.54, 1.807) is 12.1 Å². The molecule has 2 aromatic carbocycles. The van der Waals surface area contributed by atoms with Gasteiger partial charge in [0.25, 0.3) is 10.2 Å². The van der Waals surface area contributed by atoms with Gasteiger partial charge in [-0.25, -0.2) is 8.78 Å². The summed E-state index contributed by atoms with van der Waals surface area (Å²) in [6.07, 6.45) is 0.180. The van der Waals surface area contributed by atoms with Gasteiger partial charge in [-0.2, -0.15) is 17.4 Å². The molecular weight excluding hydrogens is 480 g/mol. The van der Waals surface area contributed by atoms with Crippen molar-refractivity contribution in [2.24, 2.45) is 0 Å². The van der Waals surface area contributed by atoms with E-state index in [1.807, 2.05) is 11.4 Å². The zero-order valence-electron chi connectivity index (χ0n) is 16.7. The molecule has 6 nitrogen and oxygen atoms in total. The van der Waals surface area contributed by atoms with E-state index in [4.69, 9.17) is 11.6 Å². The summed E-state index contributed by atoms with van der Waals surface area (Å²) in [7, 11) is -2.61. The molecule has 0 unspecified atom stereocenters. The molecule has 1 aliphatic heterocycles. The predicted molar refractivity (Wildman–Crippen MR) is 121 cm³/mol. The van der Waals surface area contributed by atoms with Crippen LogP contribution in [-0.4, -0.2) is 31.7 Å². The van der Waals surface area contributed by atoms with Gasteiger partial charge in [0.1, 0.15) is 17.7 Å². The molecule has 1 saturated heterocycles. The van der Waals surface area contributed by atoms with Crippen LogP contribution in [0, 0.1) is 11.6 Å². The largest absolute Gasteiger partial charge is 0.325 e. The molecule has 1 fully saturated rings. The predicted octanol–water partition coefficient (Wildman–Crippen LogP) is 4.57. The second kappa shape index (κ2) is 8.87. The highest BCUT2D eigenvalue weighted by Gasteiger charge is 2.41. The molecule has 2 N–H and O–H groups in total. The van der Waals surface area contributed by atoms with E-state index in [-0.39, 0.29) is 22.9 Å². The quantitative estimate of drug-likeness (QED) is 0.554. The lowest BCUT2D eigenvalue weighted by molar-refractivity contribution is -0.120. The Morgan fingerprint density at radius 1 is 1.16 bits per heavy atom. The molecule has 2 atom stereocenters. The van der Waals surface area contributed by atoms with Gasteiger partial charge in [0, 0.05) is 17.6 Å². The van der Waals surface area contributed by atoms with Gasteiger partial charge in [-0.3, -0.25) is 4.79 Å². The van der Waals surface area contributed by atoms with E-state index in [0.717, 1.165) is 26.4 Å². The highest BCUT2D eigenvalue weighted by Crippen LogP contribution is 2.35. The summed E-state index contributed by atoms with van der Waals surface area (Å²) in [5.41, 5.74) is 1.88. The van der Waals surface area contributed by atoms with Gasteiger partial charge in [-0.15, -0.1) is 11.3 Å². The molecule has 4 rings (SSSR count). The van der Waals surface area contributed by atoms with Crippen molar-refractivity contribution >= 4 is 44.7 Å². The van der Waals surface area contributed by atoms with Crippen molar-refractivity contribution in [3.63, 3.8) is 0 Å². The average molecular weight is 498 g/mol. The molecule has 11 heteroatoms. The Balaban J connectivity index is 1.56. The monoisotopic (exact) mass is 497 g/mol. The average Bonchev–Trinajstić information content (AvgIpc) is 3.23. The summed E-state index contributed by atoms with van der Waals surface area (Å²) < 4.78 is 55.5. The maximum Gasteiger partial charge on any atom is 0.280 e. The number of hydrogen-bond donors (Lipinski definition) is 2. The van der Waals surface area contributed by atoms with Crippen molar-refractivity contribution in [3.05, 3.63) is 75.4 Å². The van der Waals surface area contributed by atoms with Gasteiger partial charge in [0.05, 0.1) is 11.1 Å². The Bertz CT molecular complexity index is 1270. The Morgan fingerprint density at radius 2 is 1.88 bits per heavy atom. The molecule has 32 heavy (non-hydrogen) atoms. The van der Waals surface area contributed by atoms with Crippen molar-refractivity contribution in [1.29, 1.82) is 0 Å². The van der Waals surface area contributed by atoms with Crippen LogP contribution in [0.3, 0.4) is 0 Å². The number of rotatable bonds is 4. The maximum absolute atomic E-state index is 13.4. The lowest BCUT2D eigenvalue weighted by Gasteiger charge is -2.35. The molecule has 2 heterocycles. The Labute approximate surface area is 193 Å².